The molecule has 1 saturated carbocycles. The Morgan fingerprint density at radius 3 is 2.75 bits per heavy atom. The zero-order valence-electron chi connectivity index (χ0n) is 7.63. The van der Waals surface area contributed by atoms with Crippen molar-refractivity contribution in [2.24, 2.45) is 11.7 Å². The summed E-state index contributed by atoms with van der Waals surface area (Å²) in [6, 6.07) is -0.0913. The number of rotatable bonds is 6. The van der Waals surface area contributed by atoms with Crippen LogP contribution in [0.2, 0.25) is 0 Å². The lowest BCUT2D eigenvalue weighted by Gasteiger charge is -2.25. The van der Waals surface area contributed by atoms with Crippen LogP contribution in [0.4, 0.5) is 0 Å². The van der Waals surface area contributed by atoms with Crippen molar-refractivity contribution in [3.63, 3.8) is 0 Å². The van der Waals surface area contributed by atoms with Gasteiger partial charge in [0.25, 0.3) is 0 Å². The number of nitrogens with one attached hydrogen (secondary N) is 1. The molecule has 12 heavy (non-hydrogen) atoms. The molecule has 0 aromatic carbocycles. The molecule has 3 nitrogen and oxygen atoms in total. The van der Waals surface area contributed by atoms with E-state index in [9.17, 15) is 0 Å². The Kier molecular flexibility index (Phi) is 4.58. The van der Waals surface area contributed by atoms with Crippen molar-refractivity contribution in [2.45, 2.75) is 31.7 Å². The van der Waals surface area contributed by atoms with Crippen LogP contribution in [0.25, 0.3) is 0 Å². The molecule has 1 aliphatic rings. The van der Waals surface area contributed by atoms with Crippen LogP contribution in [-0.4, -0.2) is 30.8 Å². The minimum atomic E-state index is -0.0913. The summed E-state index contributed by atoms with van der Waals surface area (Å²) < 4.78 is 0. The topological polar surface area (TPSA) is 58.3 Å². The zero-order valence-corrected chi connectivity index (χ0v) is 7.63. The molecule has 0 heterocycles. The fourth-order valence-corrected chi connectivity index (χ4v) is 1.44. The Balaban J connectivity index is 1.82. The van der Waals surface area contributed by atoms with Gasteiger partial charge in [0.2, 0.25) is 0 Å². The Bertz CT molecular complexity index is 108. The quantitative estimate of drug-likeness (QED) is 0.497. The number of hydrogen-bond acceptors (Lipinski definition) is 3. The Morgan fingerprint density at radius 1 is 1.50 bits per heavy atom. The summed E-state index contributed by atoms with van der Waals surface area (Å²) in [5.41, 5.74) is 5.52. The molecule has 0 aliphatic heterocycles. The average Bonchev–Trinajstić information content (AvgIpc) is 2.00. The van der Waals surface area contributed by atoms with E-state index in [1.165, 1.54) is 25.7 Å². The van der Waals surface area contributed by atoms with Crippen molar-refractivity contribution in [2.75, 3.05) is 19.7 Å². The van der Waals surface area contributed by atoms with Gasteiger partial charge in [-0.2, -0.15) is 0 Å². The number of aliphatic hydroxyl groups excluding tert-OH is 1. The highest BCUT2D eigenvalue weighted by molar-refractivity contribution is 4.71. The normalized spacial score (nSPS) is 20.5. The molecule has 72 valence electrons. The molecule has 0 spiro atoms. The second-order valence-electron chi connectivity index (χ2n) is 3.73. The van der Waals surface area contributed by atoms with Crippen LogP contribution in [0.3, 0.4) is 0 Å². The fourth-order valence-electron chi connectivity index (χ4n) is 1.44. The maximum Gasteiger partial charge on any atom is 0.0594 e. The first kappa shape index (κ1) is 9.96. The predicted molar refractivity (Wildman–Crippen MR) is 49.9 cm³/mol. The van der Waals surface area contributed by atoms with Crippen molar-refractivity contribution in [1.82, 2.24) is 5.32 Å². The maximum atomic E-state index is 8.64. The van der Waals surface area contributed by atoms with E-state index in [0.717, 1.165) is 19.0 Å². The van der Waals surface area contributed by atoms with Gasteiger partial charge in [-0.05, 0) is 18.9 Å². The van der Waals surface area contributed by atoms with Gasteiger partial charge in [-0.25, -0.2) is 0 Å². The summed E-state index contributed by atoms with van der Waals surface area (Å²) >= 11 is 0. The van der Waals surface area contributed by atoms with Crippen LogP contribution < -0.4 is 11.1 Å². The van der Waals surface area contributed by atoms with Crippen molar-refractivity contribution in [1.29, 1.82) is 0 Å². The Morgan fingerprint density at radius 2 is 2.25 bits per heavy atom. The highest BCUT2D eigenvalue weighted by Crippen LogP contribution is 2.28. The van der Waals surface area contributed by atoms with Crippen LogP contribution in [0, 0.1) is 5.92 Å². The van der Waals surface area contributed by atoms with Gasteiger partial charge in [0.1, 0.15) is 0 Å². The van der Waals surface area contributed by atoms with E-state index >= 15 is 0 Å². The maximum absolute atomic E-state index is 8.64. The smallest absolute Gasteiger partial charge is 0.0594 e. The molecular weight excluding hydrogens is 152 g/mol. The first-order valence-corrected chi connectivity index (χ1v) is 4.90. The second kappa shape index (κ2) is 5.51. The number of hydrogen-bond donors (Lipinski definition) is 3. The first-order chi connectivity index (χ1) is 5.83. The van der Waals surface area contributed by atoms with E-state index < -0.39 is 0 Å². The molecule has 0 radical (unpaired) electrons. The van der Waals surface area contributed by atoms with E-state index in [-0.39, 0.29) is 12.6 Å². The van der Waals surface area contributed by atoms with Crippen LogP contribution in [0.5, 0.6) is 0 Å². The summed E-state index contributed by atoms with van der Waals surface area (Å²) in [6.45, 7) is 1.87. The molecule has 0 aromatic rings. The van der Waals surface area contributed by atoms with Gasteiger partial charge in [-0.3, -0.25) is 0 Å². The standard InChI is InChI=1S/C9H20N2O/c10-9(7-12)6-11-5-4-8-2-1-3-8/h8-9,11-12H,1-7,10H2. The SMILES string of the molecule is NC(CO)CNCCC1CCC1. The molecule has 0 amide bonds. The summed E-state index contributed by atoms with van der Waals surface area (Å²) in [6.07, 6.45) is 5.51. The van der Waals surface area contributed by atoms with Crippen molar-refractivity contribution in [3.8, 4) is 0 Å². The largest absolute Gasteiger partial charge is 0.395 e. The van der Waals surface area contributed by atoms with Crippen LogP contribution in [-0.2, 0) is 0 Å². The molecule has 0 saturated heterocycles. The van der Waals surface area contributed by atoms with Gasteiger partial charge < -0.3 is 16.2 Å². The molecule has 0 aromatic heterocycles. The van der Waals surface area contributed by atoms with Crippen molar-refractivity contribution < 1.29 is 5.11 Å². The lowest BCUT2D eigenvalue weighted by atomic mass is 9.83. The molecule has 0 bridgehead atoms. The molecule has 4 N–H and O–H groups in total. The third-order valence-electron chi connectivity index (χ3n) is 2.60. The molecule has 1 rings (SSSR count). The van der Waals surface area contributed by atoms with E-state index in [2.05, 4.69) is 5.32 Å². The number of nitrogens with two attached hydrogens (primary N) is 1. The third-order valence-corrected chi connectivity index (χ3v) is 2.60. The third kappa shape index (κ3) is 3.52. The Hall–Kier alpha value is -0.120. The molecule has 1 atom stereocenters. The van der Waals surface area contributed by atoms with Gasteiger partial charge in [-0.15, -0.1) is 0 Å². The summed E-state index contributed by atoms with van der Waals surface area (Å²) in [5, 5.41) is 11.9. The van der Waals surface area contributed by atoms with E-state index in [1.807, 2.05) is 0 Å². The van der Waals surface area contributed by atoms with Gasteiger partial charge in [-0.1, -0.05) is 19.3 Å². The summed E-state index contributed by atoms with van der Waals surface area (Å²) in [5.74, 6) is 0.961. The van der Waals surface area contributed by atoms with E-state index in [4.69, 9.17) is 10.8 Å². The second-order valence-corrected chi connectivity index (χ2v) is 3.73. The lowest BCUT2D eigenvalue weighted by Crippen LogP contribution is -2.37. The van der Waals surface area contributed by atoms with E-state index in [0.29, 0.717) is 0 Å². The van der Waals surface area contributed by atoms with Gasteiger partial charge in [0.15, 0.2) is 0 Å². The molecule has 3 heteroatoms. The predicted octanol–water partition coefficient (Wildman–Crippen LogP) is 0.0858. The molecule has 1 unspecified atom stereocenters. The average molecular weight is 172 g/mol. The van der Waals surface area contributed by atoms with Gasteiger partial charge in [0, 0.05) is 12.6 Å². The monoisotopic (exact) mass is 172 g/mol. The highest BCUT2D eigenvalue weighted by Gasteiger charge is 2.16. The van der Waals surface area contributed by atoms with Crippen LogP contribution >= 0.6 is 0 Å². The fraction of sp³-hybridized carbons (Fsp3) is 1.00. The lowest BCUT2D eigenvalue weighted by molar-refractivity contribution is 0.257. The highest BCUT2D eigenvalue weighted by atomic mass is 16.3. The van der Waals surface area contributed by atoms with Gasteiger partial charge >= 0.3 is 0 Å². The van der Waals surface area contributed by atoms with Crippen LogP contribution in [0.15, 0.2) is 0 Å². The summed E-state index contributed by atoms with van der Waals surface area (Å²) in [4.78, 5) is 0. The Labute approximate surface area is 74.3 Å². The zero-order chi connectivity index (χ0) is 8.81. The van der Waals surface area contributed by atoms with Crippen LogP contribution in [0.1, 0.15) is 25.7 Å². The first-order valence-electron chi connectivity index (χ1n) is 4.90. The minimum absolute atomic E-state index is 0.0798. The number of aliphatic hydroxyl groups is 1. The molecular formula is C9H20N2O. The minimum Gasteiger partial charge on any atom is -0.395 e. The molecule has 1 fully saturated rings. The van der Waals surface area contributed by atoms with Crippen molar-refractivity contribution in [3.05, 3.63) is 0 Å². The van der Waals surface area contributed by atoms with Crippen molar-refractivity contribution >= 4 is 0 Å². The van der Waals surface area contributed by atoms with E-state index in [1.54, 1.807) is 0 Å². The summed E-state index contributed by atoms with van der Waals surface area (Å²) in [7, 11) is 0. The van der Waals surface area contributed by atoms with Gasteiger partial charge in [0.05, 0.1) is 6.61 Å². The molecule has 1 aliphatic carbocycles.